The van der Waals surface area contributed by atoms with Crippen molar-refractivity contribution >= 4 is 5.91 Å². The van der Waals surface area contributed by atoms with Gasteiger partial charge in [-0.2, -0.15) is 0 Å². The van der Waals surface area contributed by atoms with Crippen LogP contribution in [-0.4, -0.2) is 41.5 Å². The Bertz CT molecular complexity index is 475. The lowest BCUT2D eigenvalue weighted by molar-refractivity contribution is 0.0625. The smallest absolute Gasteiger partial charge is 0.255 e. The van der Waals surface area contributed by atoms with Gasteiger partial charge in [0.05, 0.1) is 5.56 Å². The molecule has 2 heterocycles. The minimum Gasteiger partial charge on any atom is -0.338 e. The van der Waals surface area contributed by atoms with Gasteiger partial charge < -0.3 is 10.2 Å². The Morgan fingerprint density at radius 2 is 2.29 bits per heavy atom. The maximum atomic E-state index is 12.7. The number of carbonyl (C=O) groups excluding carboxylic acids is 1. The van der Waals surface area contributed by atoms with Crippen molar-refractivity contribution in [3.63, 3.8) is 0 Å². The van der Waals surface area contributed by atoms with Gasteiger partial charge in [0.2, 0.25) is 0 Å². The summed E-state index contributed by atoms with van der Waals surface area (Å²) in [7, 11) is 0. The van der Waals surface area contributed by atoms with E-state index in [1.54, 1.807) is 6.20 Å². The lowest BCUT2D eigenvalue weighted by Crippen LogP contribution is -2.51. The van der Waals surface area contributed by atoms with Gasteiger partial charge in [0.25, 0.3) is 5.91 Å². The molecule has 1 amide bonds. The molecule has 1 aliphatic rings. The second-order valence-electron chi connectivity index (χ2n) is 5.91. The Balaban J connectivity index is 2.03. The molecule has 1 aliphatic heterocycles. The van der Waals surface area contributed by atoms with E-state index >= 15 is 0 Å². The SMILES string of the molecule is CCCNC1CCN(C(=O)c2cccnc2C)CC1CC. The monoisotopic (exact) mass is 289 g/mol. The number of pyridine rings is 1. The number of hydrogen-bond donors (Lipinski definition) is 1. The second kappa shape index (κ2) is 7.55. The topological polar surface area (TPSA) is 45.2 Å². The standard InChI is InChI=1S/C17H27N3O/c1-4-9-19-16-8-11-20(12-14(16)5-2)17(21)15-7-6-10-18-13(15)3/h6-7,10,14,16,19H,4-5,8-9,11-12H2,1-3H3. The first-order valence-electron chi connectivity index (χ1n) is 8.11. The Labute approximate surface area is 127 Å². The highest BCUT2D eigenvalue weighted by Gasteiger charge is 2.30. The fourth-order valence-electron chi connectivity index (χ4n) is 3.11. The maximum absolute atomic E-state index is 12.7. The molecule has 1 aromatic heterocycles. The number of piperidine rings is 1. The number of amides is 1. The van der Waals surface area contributed by atoms with E-state index in [-0.39, 0.29) is 5.91 Å². The fraction of sp³-hybridized carbons (Fsp3) is 0.647. The summed E-state index contributed by atoms with van der Waals surface area (Å²) < 4.78 is 0. The molecule has 21 heavy (non-hydrogen) atoms. The van der Waals surface area contributed by atoms with Crippen molar-refractivity contribution in [1.82, 2.24) is 15.2 Å². The van der Waals surface area contributed by atoms with Crippen LogP contribution >= 0.6 is 0 Å². The molecule has 0 bridgehead atoms. The molecule has 0 aliphatic carbocycles. The zero-order valence-electron chi connectivity index (χ0n) is 13.4. The molecule has 4 heteroatoms. The average molecular weight is 289 g/mol. The van der Waals surface area contributed by atoms with E-state index in [0.717, 1.165) is 50.2 Å². The molecule has 1 aromatic rings. The van der Waals surface area contributed by atoms with Gasteiger partial charge in [-0.25, -0.2) is 0 Å². The number of aryl methyl sites for hydroxylation is 1. The van der Waals surface area contributed by atoms with Crippen LogP contribution in [0.15, 0.2) is 18.3 Å². The summed E-state index contributed by atoms with van der Waals surface area (Å²) in [6.07, 6.45) is 5.05. The van der Waals surface area contributed by atoms with Gasteiger partial charge in [0.1, 0.15) is 0 Å². The largest absolute Gasteiger partial charge is 0.338 e. The predicted octanol–water partition coefficient (Wildman–Crippen LogP) is 2.63. The molecule has 0 spiro atoms. The van der Waals surface area contributed by atoms with Crippen LogP contribution < -0.4 is 5.32 Å². The highest BCUT2D eigenvalue weighted by molar-refractivity contribution is 5.95. The fourth-order valence-corrected chi connectivity index (χ4v) is 3.11. The minimum atomic E-state index is 0.132. The first-order chi connectivity index (χ1) is 10.2. The predicted molar refractivity (Wildman–Crippen MR) is 85.4 cm³/mol. The Hall–Kier alpha value is -1.42. The Morgan fingerprint density at radius 1 is 1.48 bits per heavy atom. The molecular formula is C17H27N3O. The van der Waals surface area contributed by atoms with Crippen molar-refractivity contribution in [3.05, 3.63) is 29.6 Å². The van der Waals surface area contributed by atoms with Crippen molar-refractivity contribution in [3.8, 4) is 0 Å². The highest BCUT2D eigenvalue weighted by atomic mass is 16.2. The number of nitrogens with one attached hydrogen (secondary N) is 1. The van der Waals surface area contributed by atoms with Crippen molar-refractivity contribution in [1.29, 1.82) is 0 Å². The van der Waals surface area contributed by atoms with Crippen LogP contribution in [0.3, 0.4) is 0 Å². The summed E-state index contributed by atoms with van der Waals surface area (Å²) in [5.41, 5.74) is 1.56. The van der Waals surface area contributed by atoms with Crippen molar-refractivity contribution in [2.75, 3.05) is 19.6 Å². The van der Waals surface area contributed by atoms with E-state index in [1.165, 1.54) is 0 Å². The van der Waals surface area contributed by atoms with Gasteiger partial charge in [-0.15, -0.1) is 0 Å². The Kier molecular flexibility index (Phi) is 5.74. The van der Waals surface area contributed by atoms with E-state index in [1.807, 2.05) is 24.0 Å². The van der Waals surface area contributed by atoms with E-state index < -0.39 is 0 Å². The van der Waals surface area contributed by atoms with E-state index in [2.05, 4.69) is 24.1 Å². The summed E-state index contributed by atoms with van der Waals surface area (Å²) in [5.74, 6) is 0.680. The third-order valence-corrected chi connectivity index (χ3v) is 4.44. The van der Waals surface area contributed by atoms with Gasteiger partial charge >= 0.3 is 0 Å². The average Bonchev–Trinajstić information content (AvgIpc) is 2.52. The van der Waals surface area contributed by atoms with Gasteiger partial charge in [-0.3, -0.25) is 9.78 Å². The van der Waals surface area contributed by atoms with Gasteiger partial charge in [0.15, 0.2) is 0 Å². The molecule has 116 valence electrons. The van der Waals surface area contributed by atoms with Crippen LogP contribution in [0.25, 0.3) is 0 Å². The number of likely N-dealkylation sites (tertiary alicyclic amines) is 1. The van der Waals surface area contributed by atoms with Crippen LogP contribution in [0.2, 0.25) is 0 Å². The molecule has 0 aromatic carbocycles. The second-order valence-corrected chi connectivity index (χ2v) is 5.91. The lowest BCUT2D eigenvalue weighted by Gasteiger charge is -2.39. The van der Waals surface area contributed by atoms with E-state index in [4.69, 9.17) is 0 Å². The third kappa shape index (κ3) is 3.82. The number of rotatable bonds is 5. The zero-order chi connectivity index (χ0) is 15.2. The van der Waals surface area contributed by atoms with Crippen LogP contribution in [-0.2, 0) is 0 Å². The van der Waals surface area contributed by atoms with Crippen LogP contribution in [0.5, 0.6) is 0 Å². The molecule has 0 saturated carbocycles. The molecule has 1 N–H and O–H groups in total. The molecule has 1 fully saturated rings. The summed E-state index contributed by atoms with van der Waals surface area (Å²) in [6.45, 7) is 9.07. The Morgan fingerprint density at radius 3 is 2.95 bits per heavy atom. The molecule has 2 unspecified atom stereocenters. The zero-order valence-corrected chi connectivity index (χ0v) is 13.4. The number of aromatic nitrogens is 1. The van der Waals surface area contributed by atoms with E-state index in [0.29, 0.717) is 12.0 Å². The highest BCUT2D eigenvalue weighted by Crippen LogP contribution is 2.22. The minimum absolute atomic E-state index is 0.132. The van der Waals surface area contributed by atoms with Crippen molar-refractivity contribution < 1.29 is 4.79 Å². The first-order valence-corrected chi connectivity index (χ1v) is 8.11. The molecule has 4 nitrogen and oxygen atoms in total. The maximum Gasteiger partial charge on any atom is 0.255 e. The molecule has 2 atom stereocenters. The van der Waals surface area contributed by atoms with Gasteiger partial charge in [-0.05, 0) is 44.4 Å². The summed E-state index contributed by atoms with van der Waals surface area (Å²) >= 11 is 0. The van der Waals surface area contributed by atoms with Crippen molar-refractivity contribution in [2.45, 2.75) is 46.1 Å². The quantitative estimate of drug-likeness (QED) is 0.906. The lowest BCUT2D eigenvalue weighted by atomic mass is 9.89. The number of carbonyl (C=O) groups is 1. The number of nitrogens with zero attached hydrogens (tertiary/aromatic N) is 2. The van der Waals surface area contributed by atoms with Crippen molar-refractivity contribution in [2.24, 2.45) is 5.92 Å². The summed E-state index contributed by atoms with van der Waals surface area (Å²) in [5, 5.41) is 3.63. The number of hydrogen-bond acceptors (Lipinski definition) is 3. The summed E-state index contributed by atoms with van der Waals surface area (Å²) in [4.78, 5) is 18.9. The molecule has 1 saturated heterocycles. The molecule has 0 radical (unpaired) electrons. The van der Waals surface area contributed by atoms with E-state index in [9.17, 15) is 4.79 Å². The molecular weight excluding hydrogens is 262 g/mol. The molecule has 2 rings (SSSR count). The first kappa shape index (κ1) is 16.0. The third-order valence-electron chi connectivity index (χ3n) is 4.44. The summed E-state index contributed by atoms with van der Waals surface area (Å²) in [6, 6.07) is 4.27. The normalized spacial score (nSPS) is 22.3. The van der Waals surface area contributed by atoms with Gasteiger partial charge in [-0.1, -0.05) is 20.3 Å². The van der Waals surface area contributed by atoms with Gasteiger partial charge in [0, 0.05) is 31.0 Å². The van der Waals surface area contributed by atoms with Crippen LogP contribution in [0, 0.1) is 12.8 Å². The van der Waals surface area contributed by atoms with Crippen LogP contribution in [0.4, 0.5) is 0 Å². The van der Waals surface area contributed by atoms with Crippen LogP contribution in [0.1, 0.15) is 49.2 Å².